The van der Waals surface area contributed by atoms with E-state index in [-0.39, 0.29) is 0 Å². The summed E-state index contributed by atoms with van der Waals surface area (Å²) in [5.74, 6) is 0. The highest BCUT2D eigenvalue weighted by Crippen LogP contribution is 2.27. The third kappa shape index (κ3) is 2.61. The summed E-state index contributed by atoms with van der Waals surface area (Å²) >= 11 is 1.63. The van der Waals surface area contributed by atoms with Gasteiger partial charge in [0.2, 0.25) is 0 Å². The third-order valence-electron chi connectivity index (χ3n) is 2.83. The summed E-state index contributed by atoms with van der Waals surface area (Å²) in [5.41, 5.74) is 4.99. The fourth-order valence-corrected chi connectivity index (χ4v) is 2.65. The molecule has 0 aliphatic rings. The zero-order chi connectivity index (χ0) is 12.3. The van der Waals surface area contributed by atoms with Gasteiger partial charge < -0.3 is 10.1 Å². The SMILES string of the molecule is COc1sccc1CNc1c(C)cccc1C. The number of rotatable bonds is 4. The maximum Gasteiger partial charge on any atom is 0.178 e. The molecule has 0 radical (unpaired) electrons. The lowest BCUT2D eigenvalue weighted by Gasteiger charge is -2.12. The van der Waals surface area contributed by atoms with Crippen molar-refractivity contribution in [2.45, 2.75) is 20.4 Å². The van der Waals surface area contributed by atoms with Crippen molar-refractivity contribution in [2.75, 3.05) is 12.4 Å². The molecule has 1 heterocycles. The second-order valence-electron chi connectivity index (χ2n) is 4.06. The Morgan fingerprint density at radius 2 is 1.88 bits per heavy atom. The van der Waals surface area contributed by atoms with E-state index in [2.05, 4.69) is 48.8 Å². The number of hydrogen-bond acceptors (Lipinski definition) is 3. The third-order valence-corrected chi connectivity index (χ3v) is 3.74. The predicted octanol–water partition coefficient (Wildman–Crippen LogP) is 3.99. The Kier molecular flexibility index (Phi) is 3.69. The summed E-state index contributed by atoms with van der Waals surface area (Å²) in [6, 6.07) is 8.44. The van der Waals surface area contributed by atoms with Crippen LogP contribution in [0.2, 0.25) is 0 Å². The van der Waals surface area contributed by atoms with Crippen LogP contribution in [0.5, 0.6) is 5.06 Å². The number of anilines is 1. The van der Waals surface area contributed by atoms with Crippen LogP contribution in [0.1, 0.15) is 16.7 Å². The van der Waals surface area contributed by atoms with Crippen molar-refractivity contribution in [2.24, 2.45) is 0 Å². The van der Waals surface area contributed by atoms with Gasteiger partial charge in [0.25, 0.3) is 0 Å². The minimum absolute atomic E-state index is 0.804. The fraction of sp³-hybridized carbons (Fsp3) is 0.286. The number of aryl methyl sites for hydroxylation is 2. The number of nitrogens with one attached hydrogen (secondary N) is 1. The second-order valence-corrected chi connectivity index (χ2v) is 4.94. The Balaban J connectivity index is 2.13. The van der Waals surface area contributed by atoms with Crippen molar-refractivity contribution in [1.29, 1.82) is 0 Å². The Labute approximate surface area is 106 Å². The first-order valence-electron chi connectivity index (χ1n) is 5.63. The van der Waals surface area contributed by atoms with Crippen molar-refractivity contribution in [1.82, 2.24) is 0 Å². The largest absolute Gasteiger partial charge is 0.487 e. The molecule has 0 saturated carbocycles. The van der Waals surface area contributed by atoms with Crippen molar-refractivity contribution in [3.63, 3.8) is 0 Å². The van der Waals surface area contributed by atoms with Crippen LogP contribution in [0, 0.1) is 13.8 Å². The number of benzene rings is 1. The van der Waals surface area contributed by atoms with Gasteiger partial charge in [0.15, 0.2) is 5.06 Å². The first-order chi connectivity index (χ1) is 8.22. The summed E-state index contributed by atoms with van der Waals surface area (Å²) < 4.78 is 5.31. The first kappa shape index (κ1) is 12.0. The summed E-state index contributed by atoms with van der Waals surface area (Å²) in [7, 11) is 1.72. The van der Waals surface area contributed by atoms with E-state index in [1.807, 2.05) is 0 Å². The number of thiophene rings is 1. The van der Waals surface area contributed by atoms with Gasteiger partial charge in [-0.2, -0.15) is 0 Å². The molecule has 2 nitrogen and oxygen atoms in total. The highest BCUT2D eigenvalue weighted by Gasteiger charge is 2.06. The van der Waals surface area contributed by atoms with E-state index in [4.69, 9.17) is 4.74 Å². The Bertz CT molecular complexity index is 484. The Morgan fingerprint density at radius 3 is 2.53 bits per heavy atom. The molecule has 17 heavy (non-hydrogen) atoms. The van der Waals surface area contributed by atoms with Crippen LogP contribution in [0.4, 0.5) is 5.69 Å². The van der Waals surface area contributed by atoms with Gasteiger partial charge in [0, 0.05) is 17.8 Å². The average Bonchev–Trinajstić information content (AvgIpc) is 2.76. The average molecular weight is 247 g/mol. The van der Waals surface area contributed by atoms with Crippen LogP contribution in [-0.4, -0.2) is 7.11 Å². The lowest BCUT2D eigenvalue weighted by Crippen LogP contribution is -2.02. The maximum atomic E-state index is 5.31. The molecule has 0 aliphatic heterocycles. The molecule has 0 fully saturated rings. The van der Waals surface area contributed by atoms with Gasteiger partial charge >= 0.3 is 0 Å². The van der Waals surface area contributed by atoms with Gasteiger partial charge in [0.1, 0.15) is 0 Å². The molecular weight excluding hydrogens is 230 g/mol. The Morgan fingerprint density at radius 1 is 1.18 bits per heavy atom. The highest BCUT2D eigenvalue weighted by atomic mass is 32.1. The van der Waals surface area contributed by atoms with E-state index in [0.717, 1.165) is 11.6 Å². The smallest absolute Gasteiger partial charge is 0.178 e. The van der Waals surface area contributed by atoms with Crippen molar-refractivity contribution in [3.8, 4) is 5.06 Å². The van der Waals surface area contributed by atoms with Gasteiger partial charge in [-0.15, -0.1) is 11.3 Å². The lowest BCUT2D eigenvalue weighted by atomic mass is 10.1. The van der Waals surface area contributed by atoms with E-state index in [0.29, 0.717) is 0 Å². The summed E-state index contributed by atoms with van der Waals surface area (Å²) in [4.78, 5) is 0. The number of hydrogen-bond donors (Lipinski definition) is 1. The topological polar surface area (TPSA) is 21.3 Å². The molecule has 1 aromatic heterocycles. The molecule has 0 amide bonds. The molecule has 0 unspecified atom stereocenters. The normalized spacial score (nSPS) is 10.3. The molecule has 0 aliphatic carbocycles. The van der Waals surface area contributed by atoms with Crippen LogP contribution in [0.3, 0.4) is 0 Å². The molecular formula is C14H17NOS. The molecule has 2 aromatic rings. The molecule has 0 atom stereocenters. The molecule has 1 aromatic carbocycles. The van der Waals surface area contributed by atoms with Crippen molar-refractivity contribution >= 4 is 17.0 Å². The van der Waals surface area contributed by atoms with Gasteiger partial charge in [-0.05, 0) is 36.4 Å². The van der Waals surface area contributed by atoms with Gasteiger partial charge in [-0.3, -0.25) is 0 Å². The second kappa shape index (κ2) is 5.23. The number of para-hydroxylation sites is 1. The van der Waals surface area contributed by atoms with E-state index in [1.165, 1.54) is 22.4 Å². The predicted molar refractivity (Wildman–Crippen MR) is 74.1 cm³/mol. The van der Waals surface area contributed by atoms with Gasteiger partial charge in [-0.25, -0.2) is 0 Å². The van der Waals surface area contributed by atoms with Crippen molar-refractivity contribution in [3.05, 3.63) is 46.3 Å². The summed E-state index contributed by atoms with van der Waals surface area (Å²) in [6.07, 6.45) is 0. The number of ether oxygens (including phenoxy) is 1. The minimum atomic E-state index is 0.804. The van der Waals surface area contributed by atoms with E-state index in [9.17, 15) is 0 Å². The highest BCUT2D eigenvalue weighted by molar-refractivity contribution is 7.12. The van der Waals surface area contributed by atoms with Gasteiger partial charge in [-0.1, -0.05) is 18.2 Å². The van der Waals surface area contributed by atoms with Crippen LogP contribution in [0.15, 0.2) is 29.6 Å². The number of methoxy groups -OCH3 is 1. The standard InChI is InChI=1S/C14H17NOS/c1-10-5-4-6-11(2)13(10)15-9-12-7-8-17-14(12)16-3/h4-8,15H,9H2,1-3H3. The zero-order valence-corrected chi connectivity index (χ0v) is 11.2. The molecule has 2 rings (SSSR count). The molecule has 3 heteroatoms. The van der Waals surface area contributed by atoms with Gasteiger partial charge in [0.05, 0.1) is 7.11 Å². The van der Waals surface area contributed by atoms with Crippen LogP contribution in [0.25, 0.3) is 0 Å². The summed E-state index contributed by atoms with van der Waals surface area (Å²) in [5, 5.41) is 6.53. The molecule has 90 valence electrons. The summed E-state index contributed by atoms with van der Waals surface area (Å²) in [6.45, 7) is 5.05. The lowest BCUT2D eigenvalue weighted by molar-refractivity contribution is 0.423. The molecule has 0 bridgehead atoms. The van der Waals surface area contributed by atoms with E-state index >= 15 is 0 Å². The first-order valence-corrected chi connectivity index (χ1v) is 6.50. The Hall–Kier alpha value is -1.48. The van der Waals surface area contributed by atoms with Crippen molar-refractivity contribution < 1.29 is 4.74 Å². The molecule has 1 N–H and O–H groups in total. The van der Waals surface area contributed by atoms with E-state index in [1.54, 1.807) is 18.4 Å². The van der Waals surface area contributed by atoms with Crippen LogP contribution in [-0.2, 0) is 6.54 Å². The fourth-order valence-electron chi connectivity index (χ4n) is 1.91. The minimum Gasteiger partial charge on any atom is -0.487 e. The molecule has 0 saturated heterocycles. The maximum absolute atomic E-state index is 5.31. The molecule has 0 spiro atoms. The monoisotopic (exact) mass is 247 g/mol. The zero-order valence-electron chi connectivity index (χ0n) is 10.4. The van der Waals surface area contributed by atoms with Crippen LogP contribution < -0.4 is 10.1 Å². The quantitative estimate of drug-likeness (QED) is 0.882. The van der Waals surface area contributed by atoms with E-state index < -0.39 is 0 Å². The van der Waals surface area contributed by atoms with Crippen LogP contribution >= 0.6 is 11.3 Å².